The van der Waals surface area contributed by atoms with Crippen LogP contribution in [0.25, 0.3) is 0 Å². The average Bonchev–Trinajstić information content (AvgIpc) is 2.63. The molecule has 2 N–H and O–H groups in total. The van der Waals surface area contributed by atoms with E-state index in [4.69, 9.17) is 18.9 Å². The number of aryl methyl sites for hydroxylation is 1. The minimum atomic E-state index is -1.09. The second kappa shape index (κ2) is 12.2. The van der Waals surface area contributed by atoms with Crippen LogP contribution < -0.4 is 14.8 Å². The first-order chi connectivity index (χ1) is 13.7. The predicted octanol–water partition coefficient (Wildman–Crippen LogP) is 3.41. The lowest BCUT2D eigenvalue weighted by molar-refractivity contribution is -0.139. The summed E-state index contributed by atoms with van der Waals surface area (Å²) in [7, 11) is 3.22. The molecule has 1 aromatic rings. The first kappa shape index (κ1) is 24.6. The summed E-state index contributed by atoms with van der Waals surface area (Å²) in [5, 5.41) is 11.8. The molecule has 164 valence electrons. The summed E-state index contributed by atoms with van der Waals surface area (Å²) >= 11 is 0. The first-order valence-electron chi connectivity index (χ1n) is 9.67. The van der Waals surface area contributed by atoms with Gasteiger partial charge in [-0.05, 0) is 57.7 Å². The van der Waals surface area contributed by atoms with Gasteiger partial charge in [-0.1, -0.05) is 6.07 Å². The Bertz CT molecular complexity index is 655. The highest BCUT2D eigenvalue weighted by molar-refractivity contribution is 5.79. The van der Waals surface area contributed by atoms with Gasteiger partial charge in [0.1, 0.15) is 11.6 Å². The minimum Gasteiger partial charge on any atom is -0.493 e. The number of aliphatic carboxylic acids is 1. The van der Waals surface area contributed by atoms with Crippen molar-refractivity contribution in [2.75, 3.05) is 27.4 Å². The van der Waals surface area contributed by atoms with Gasteiger partial charge in [0.15, 0.2) is 11.5 Å². The smallest absolute Gasteiger partial charge is 0.408 e. The van der Waals surface area contributed by atoms with Crippen molar-refractivity contribution in [3.05, 3.63) is 23.8 Å². The fraction of sp³-hybridized carbons (Fsp3) is 0.619. The second-order valence-electron chi connectivity index (χ2n) is 7.61. The average molecular weight is 411 g/mol. The molecular weight excluding hydrogens is 378 g/mol. The van der Waals surface area contributed by atoms with Gasteiger partial charge < -0.3 is 29.4 Å². The fourth-order valence-electron chi connectivity index (χ4n) is 2.59. The van der Waals surface area contributed by atoms with Gasteiger partial charge in [0.2, 0.25) is 0 Å². The number of carboxylic acid groups (broad SMARTS) is 1. The van der Waals surface area contributed by atoms with Gasteiger partial charge in [-0.15, -0.1) is 0 Å². The number of hydrogen-bond donors (Lipinski definition) is 2. The van der Waals surface area contributed by atoms with Crippen molar-refractivity contribution < 1.29 is 33.6 Å². The van der Waals surface area contributed by atoms with Crippen LogP contribution in [0.3, 0.4) is 0 Å². The Labute approximate surface area is 172 Å². The normalized spacial score (nSPS) is 12.2. The van der Waals surface area contributed by atoms with E-state index in [1.807, 2.05) is 18.2 Å². The van der Waals surface area contributed by atoms with Gasteiger partial charge in [0, 0.05) is 20.1 Å². The van der Waals surface area contributed by atoms with E-state index in [1.54, 1.807) is 35.0 Å². The maximum Gasteiger partial charge on any atom is 0.408 e. The molecule has 0 radical (unpaired) electrons. The maximum atomic E-state index is 11.8. The summed E-state index contributed by atoms with van der Waals surface area (Å²) in [6, 6.07) is 4.63. The van der Waals surface area contributed by atoms with Crippen LogP contribution in [0.4, 0.5) is 4.79 Å². The van der Waals surface area contributed by atoms with Crippen molar-refractivity contribution in [1.82, 2.24) is 5.32 Å². The van der Waals surface area contributed by atoms with Crippen LogP contribution in [0, 0.1) is 0 Å². The lowest BCUT2D eigenvalue weighted by atomic mass is 10.0. The third-order valence-electron chi connectivity index (χ3n) is 3.93. The summed E-state index contributed by atoms with van der Waals surface area (Å²) in [6.07, 6.45) is 1.52. The molecule has 1 amide bonds. The van der Waals surface area contributed by atoms with E-state index in [1.165, 1.54) is 0 Å². The van der Waals surface area contributed by atoms with Crippen molar-refractivity contribution in [3.63, 3.8) is 0 Å². The van der Waals surface area contributed by atoms with Gasteiger partial charge in [-0.3, -0.25) is 0 Å². The Morgan fingerprint density at radius 1 is 1.10 bits per heavy atom. The number of carbonyl (C=O) groups is 2. The summed E-state index contributed by atoms with van der Waals surface area (Å²) < 4.78 is 21.2. The molecule has 0 heterocycles. The summed E-state index contributed by atoms with van der Waals surface area (Å²) in [5.74, 6) is 0.191. The summed E-state index contributed by atoms with van der Waals surface area (Å²) in [6.45, 7) is 6.29. The summed E-state index contributed by atoms with van der Waals surface area (Å²) in [5.41, 5.74) is 0.310. The van der Waals surface area contributed by atoms with Crippen molar-refractivity contribution >= 4 is 12.1 Å². The molecule has 0 aliphatic rings. The van der Waals surface area contributed by atoms with Crippen LogP contribution in [-0.2, 0) is 20.7 Å². The van der Waals surface area contributed by atoms with Crippen molar-refractivity contribution in [3.8, 4) is 11.5 Å². The van der Waals surface area contributed by atoms with E-state index in [2.05, 4.69) is 5.32 Å². The molecule has 0 unspecified atom stereocenters. The zero-order valence-electron chi connectivity index (χ0n) is 17.9. The molecule has 8 heteroatoms. The summed E-state index contributed by atoms with van der Waals surface area (Å²) in [4.78, 5) is 23.3. The molecule has 0 saturated carbocycles. The van der Waals surface area contributed by atoms with Gasteiger partial charge in [0.25, 0.3) is 0 Å². The van der Waals surface area contributed by atoms with Crippen molar-refractivity contribution in [2.24, 2.45) is 0 Å². The topological polar surface area (TPSA) is 103 Å². The number of carboxylic acids is 1. The van der Waals surface area contributed by atoms with Crippen LogP contribution in [0.15, 0.2) is 18.2 Å². The number of hydrogen-bond acceptors (Lipinski definition) is 6. The van der Waals surface area contributed by atoms with Crippen molar-refractivity contribution in [2.45, 2.75) is 58.1 Å². The maximum absolute atomic E-state index is 11.8. The highest BCUT2D eigenvalue weighted by Crippen LogP contribution is 2.29. The molecule has 0 bridgehead atoms. The highest BCUT2D eigenvalue weighted by atomic mass is 16.6. The quantitative estimate of drug-likeness (QED) is 0.508. The number of alkyl carbamates (subject to hydrolysis) is 1. The number of amides is 1. The molecule has 0 fully saturated rings. The van der Waals surface area contributed by atoms with Gasteiger partial charge in [0.05, 0.1) is 13.7 Å². The fourth-order valence-corrected chi connectivity index (χ4v) is 2.59. The number of methoxy groups -OCH3 is 2. The number of benzene rings is 1. The zero-order valence-corrected chi connectivity index (χ0v) is 17.9. The van der Waals surface area contributed by atoms with E-state index >= 15 is 0 Å². The molecule has 1 atom stereocenters. The highest BCUT2D eigenvalue weighted by Gasteiger charge is 2.23. The van der Waals surface area contributed by atoms with E-state index in [0.29, 0.717) is 37.6 Å². The zero-order chi connectivity index (χ0) is 21.9. The number of nitrogens with one attached hydrogen (secondary N) is 1. The Morgan fingerprint density at radius 3 is 2.41 bits per heavy atom. The Morgan fingerprint density at radius 2 is 1.83 bits per heavy atom. The third-order valence-corrected chi connectivity index (χ3v) is 3.93. The SMILES string of the molecule is COCCCOc1cc(CCC[C@H](NC(=O)OC(C)(C)C)C(=O)O)ccc1OC. The molecule has 0 aliphatic heterocycles. The Kier molecular flexibility index (Phi) is 10.3. The van der Waals surface area contributed by atoms with Gasteiger partial charge in [-0.25, -0.2) is 9.59 Å². The largest absolute Gasteiger partial charge is 0.493 e. The molecule has 1 aromatic carbocycles. The molecule has 0 saturated heterocycles. The van der Waals surface area contributed by atoms with E-state index in [9.17, 15) is 14.7 Å². The predicted molar refractivity (Wildman–Crippen MR) is 109 cm³/mol. The molecule has 0 aliphatic carbocycles. The van der Waals surface area contributed by atoms with Gasteiger partial charge in [-0.2, -0.15) is 0 Å². The van der Waals surface area contributed by atoms with Crippen LogP contribution in [0.1, 0.15) is 45.6 Å². The molecule has 0 spiro atoms. The molecule has 0 aromatic heterocycles. The van der Waals surface area contributed by atoms with E-state index in [-0.39, 0.29) is 6.42 Å². The lowest BCUT2D eigenvalue weighted by Crippen LogP contribution is -2.43. The van der Waals surface area contributed by atoms with Crippen LogP contribution in [0.5, 0.6) is 11.5 Å². The van der Waals surface area contributed by atoms with E-state index in [0.717, 1.165) is 12.0 Å². The minimum absolute atomic E-state index is 0.282. The Balaban J connectivity index is 2.61. The second-order valence-corrected chi connectivity index (χ2v) is 7.61. The molecular formula is C21H33NO7. The third kappa shape index (κ3) is 10.0. The molecule has 1 rings (SSSR count). The van der Waals surface area contributed by atoms with Crippen LogP contribution in [0.2, 0.25) is 0 Å². The monoisotopic (exact) mass is 411 g/mol. The number of carbonyl (C=O) groups excluding carboxylic acids is 1. The molecule has 29 heavy (non-hydrogen) atoms. The molecule has 8 nitrogen and oxygen atoms in total. The van der Waals surface area contributed by atoms with Crippen molar-refractivity contribution in [1.29, 1.82) is 0 Å². The standard InChI is InChI=1S/C21H33NO7/c1-21(2,3)29-20(25)22-16(19(23)24)9-6-8-15-10-11-17(27-5)18(14-15)28-13-7-12-26-4/h10-11,14,16H,6-9,12-13H2,1-5H3,(H,22,25)(H,23,24)/t16-/m0/s1. The number of ether oxygens (including phenoxy) is 4. The van der Waals surface area contributed by atoms with Crippen LogP contribution in [-0.4, -0.2) is 56.2 Å². The van der Waals surface area contributed by atoms with Gasteiger partial charge >= 0.3 is 12.1 Å². The van der Waals surface area contributed by atoms with Crippen LogP contribution >= 0.6 is 0 Å². The number of rotatable bonds is 12. The Hall–Kier alpha value is -2.48. The lowest BCUT2D eigenvalue weighted by Gasteiger charge is -2.22. The van der Waals surface area contributed by atoms with E-state index < -0.39 is 23.7 Å². The first-order valence-corrected chi connectivity index (χ1v) is 9.67.